The van der Waals surface area contributed by atoms with Gasteiger partial charge in [0.2, 0.25) is 0 Å². The van der Waals surface area contributed by atoms with Crippen LogP contribution < -0.4 is 11.1 Å². The molecule has 0 saturated heterocycles. The SMILES string of the molecule is Clc1cc(NCc2ccco2)c2scc(Cl)c2n1.NC1CCCC1. The van der Waals surface area contributed by atoms with Crippen molar-refractivity contribution in [3.8, 4) is 0 Å². The number of nitrogens with one attached hydrogen (secondary N) is 1. The third-order valence-electron chi connectivity index (χ3n) is 3.88. The number of anilines is 1. The zero-order valence-electron chi connectivity index (χ0n) is 13.1. The van der Waals surface area contributed by atoms with Gasteiger partial charge in [0, 0.05) is 17.5 Å². The summed E-state index contributed by atoms with van der Waals surface area (Å²) in [6.45, 7) is 0.595. The molecule has 3 N–H and O–H groups in total. The maximum Gasteiger partial charge on any atom is 0.131 e. The molecular weight excluding hydrogens is 365 g/mol. The van der Waals surface area contributed by atoms with Gasteiger partial charge < -0.3 is 15.5 Å². The Hall–Kier alpha value is -1.27. The van der Waals surface area contributed by atoms with Crippen molar-refractivity contribution in [3.05, 3.63) is 45.8 Å². The summed E-state index contributed by atoms with van der Waals surface area (Å²) in [4.78, 5) is 4.22. The van der Waals surface area contributed by atoms with Crippen LogP contribution in [0.2, 0.25) is 10.2 Å². The molecule has 0 aromatic carbocycles. The molecule has 1 saturated carbocycles. The largest absolute Gasteiger partial charge is 0.467 e. The molecule has 0 unspecified atom stereocenters. The summed E-state index contributed by atoms with van der Waals surface area (Å²) in [7, 11) is 0. The summed E-state index contributed by atoms with van der Waals surface area (Å²) in [6.07, 6.45) is 6.90. The summed E-state index contributed by atoms with van der Waals surface area (Å²) in [5.74, 6) is 0.860. The fraction of sp³-hybridized carbons (Fsp3) is 0.353. The quantitative estimate of drug-likeness (QED) is 0.569. The molecule has 0 amide bonds. The molecule has 0 aliphatic heterocycles. The first-order valence-corrected chi connectivity index (χ1v) is 9.52. The van der Waals surface area contributed by atoms with E-state index in [1.54, 1.807) is 23.7 Å². The highest BCUT2D eigenvalue weighted by atomic mass is 35.5. The number of rotatable bonds is 3. The second-order valence-corrected chi connectivity index (χ2v) is 7.41. The van der Waals surface area contributed by atoms with Crippen LogP contribution in [0.25, 0.3) is 10.2 Å². The second kappa shape index (κ2) is 8.21. The van der Waals surface area contributed by atoms with Crippen LogP contribution in [-0.4, -0.2) is 11.0 Å². The minimum atomic E-state index is 0.421. The van der Waals surface area contributed by atoms with E-state index < -0.39 is 0 Å². The Kier molecular flexibility index (Phi) is 6.00. The third-order valence-corrected chi connectivity index (χ3v) is 5.49. The first-order valence-electron chi connectivity index (χ1n) is 7.88. The zero-order valence-corrected chi connectivity index (χ0v) is 15.4. The van der Waals surface area contributed by atoms with Crippen molar-refractivity contribution in [2.24, 2.45) is 5.73 Å². The average Bonchev–Trinajstić information content (AvgIpc) is 3.30. The maximum atomic E-state index is 6.06. The predicted octanol–water partition coefficient (Wildman–Crippen LogP) is 5.70. The smallest absolute Gasteiger partial charge is 0.131 e. The monoisotopic (exact) mass is 383 g/mol. The van der Waals surface area contributed by atoms with Gasteiger partial charge in [-0.15, -0.1) is 11.3 Å². The highest BCUT2D eigenvalue weighted by molar-refractivity contribution is 7.18. The van der Waals surface area contributed by atoms with Gasteiger partial charge in [-0.25, -0.2) is 4.98 Å². The van der Waals surface area contributed by atoms with Gasteiger partial charge in [0.15, 0.2) is 0 Å². The van der Waals surface area contributed by atoms with E-state index >= 15 is 0 Å². The molecule has 0 bridgehead atoms. The number of hydrogen-bond acceptors (Lipinski definition) is 5. The molecule has 1 fully saturated rings. The van der Waals surface area contributed by atoms with Gasteiger partial charge in [0.25, 0.3) is 0 Å². The van der Waals surface area contributed by atoms with Crippen LogP contribution in [0.4, 0.5) is 5.69 Å². The van der Waals surface area contributed by atoms with Gasteiger partial charge in [-0.1, -0.05) is 36.0 Å². The van der Waals surface area contributed by atoms with Crippen molar-refractivity contribution in [2.75, 3.05) is 5.32 Å². The lowest BCUT2D eigenvalue weighted by Crippen LogP contribution is -2.13. The molecule has 4 nitrogen and oxygen atoms in total. The number of nitrogens with two attached hydrogens (primary N) is 1. The summed E-state index contributed by atoms with van der Waals surface area (Å²) >= 11 is 13.6. The Morgan fingerprint density at radius 1 is 1.33 bits per heavy atom. The maximum absolute atomic E-state index is 6.06. The Bertz CT molecular complexity index is 783. The fourth-order valence-corrected chi connectivity index (χ4v) is 4.01. The molecule has 0 radical (unpaired) electrons. The molecule has 4 rings (SSSR count). The van der Waals surface area contributed by atoms with Crippen LogP contribution >= 0.6 is 34.5 Å². The number of aromatic nitrogens is 1. The number of halogens is 2. The molecule has 1 aliphatic carbocycles. The van der Waals surface area contributed by atoms with E-state index in [1.807, 2.05) is 17.5 Å². The number of thiophene rings is 1. The van der Waals surface area contributed by atoms with Gasteiger partial charge >= 0.3 is 0 Å². The van der Waals surface area contributed by atoms with Crippen LogP contribution in [-0.2, 0) is 6.54 Å². The van der Waals surface area contributed by atoms with Crippen LogP contribution in [0.5, 0.6) is 0 Å². The molecule has 0 spiro atoms. The second-order valence-electron chi connectivity index (χ2n) is 5.73. The van der Waals surface area contributed by atoms with E-state index in [9.17, 15) is 0 Å². The van der Waals surface area contributed by atoms with E-state index in [2.05, 4.69) is 10.3 Å². The lowest BCUT2D eigenvalue weighted by Gasteiger charge is -2.06. The van der Waals surface area contributed by atoms with Crippen molar-refractivity contribution in [1.82, 2.24) is 4.98 Å². The lowest BCUT2D eigenvalue weighted by molar-refractivity contribution is 0.518. The molecule has 3 aromatic rings. The first kappa shape index (κ1) is 17.5. The number of hydrogen-bond donors (Lipinski definition) is 2. The van der Waals surface area contributed by atoms with Crippen LogP contribution in [0.3, 0.4) is 0 Å². The topological polar surface area (TPSA) is 64.1 Å². The number of pyridine rings is 1. The minimum absolute atomic E-state index is 0.421. The van der Waals surface area contributed by atoms with Crippen molar-refractivity contribution in [2.45, 2.75) is 38.3 Å². The van der Waals surface area contributed by atoms with Gasteiger partial charge in [0.05, 0.1) is 28.2 Å². The predicted molar refractivity (Wildman–Crippen MR) is 102 cm³/mol. The zero-order chi connectivity index (χ0) is 16.9. The molecule has 1 aliphatic rings. The summed E-state index contributed by atoms with van der Waals surface area (Å²) in [5.41, 5.74) is 7.18. The minimum Gasteiger partial charge on any atom is -0.467 e. The van der Waals surface area contributed by atoms with Crippen molar-refractivity contribution < 1.29 is 4.42 Å². The Balaban J connectivity index is 0.000000238. The molecular formula is C17H19Cl2N3OS. The van der Waals surface area contributed by atoms with Gasteiger partial charge in [-0.05, 0) is 25.0 Å². The Labute approximate surface area is 155 Å². The van der Waals surface area contributed by atoms with Crippen LogP contribution in [0.1, 0.15) is 31.4 Å². The molecule has 3 aromatic heterocycles. The summed E-state index contributed by atoms with van der Waals surface area (Å²) in [5, 5.41) is 6.18. The summed E-state index contributed by atoms with van der Waals surface area (Å²) < 4.78 is 6.27. The molecule has 128 valence electrons. The van der Waals surface area contributed by atoms with Gasteiger partial charge in [-0.2, -0.15) is 0 Å². The molecule has 3 heterocycles. The molecule has 7 heteroatoms. The van der Waals surface area contributed by atoms with E-state index in [4.69, 9.17) is 33.4 Å². The van der Waals surface area contributed by atoms with Crippen molar-refractivity contribution in [3.63, 3.8) is 0 Å². The highest BCUT2D eigenvalue weighted by Gasteiger charge is 2.10. The van der Waals surface area contributed by atoms with E-state index in [0.717, 1.165) is 21.7 Å². The van der Waals surface area contributed by atoms with Crippen LogP contribution in [0.15, 0.2) is 34.3 Å². The number of furan rings is 1. The Morgan fingerprint density at radius 2 is 2.12 bits per heavy atom. The van der Waals surface area contributed by atoms with Crippen molar-refractivity contribution in [1.29, 1.82) is 0 Å². The first-order chi connectivity index (χ1) is 11.6. The fourth-order valence-electron chi connectivity index (χ4n) is 2.63. The summed E-state index contributed by atoms with van der Waals surface area (Å²) in [6, 6.07) is 6.10. The highest BCUT2D eigenvalue weighted by Crippen LogP contribution is 2.35. The van der Waals surface area contributed by atoms with E-state index in [0.29, 0.717) is 22.8 Å². The molecule has 24 heavy (non-hydrogen) atoms. The molecule has 0 atom stereocenters. The van der Waals surface area contributed by atoms with E-state index in [1.165, 1.54) is 25.7 Å². The lowest BCUT2D eigenvalue weighted by atomic mass is 10.3. The Morgan fingerprint density at radius 3 is 2.75 bits per heavy atom. The normalized spacial score (nSPS) is 14.6. The number of nitrogens with zero attached hydrogens (tertiary/aromatic N) is 1. The third kappa shape index (κ3) is 4.42. The van der Waals surface area contributed by atoms with E-state index in [-0.39, 0.29) is 0 Å². The number of fused-ring (bicyclic) bond motifs is 1. The van der Waals surface area contributed by atoms with Crippen molar-refractivity contribution >= 4 is 50.4 Å². The van der Waals surface area contributed by atoms with Crippen LogP contribution in [0, 0.1) is 0 Å². The van der Waals surface area contributed by atoms with Gasteiger partial charge in [-0.3, -0.25) is 0 Å². The standard InChI is InChI=1S/C12H8Cl2N2OS.C5H11N/c13-8-6-18-12-9(4-10(14)16-11(8)12)15-5-7-2-1-3-17-7;6-5-3-1-2-4-5/h1-4,6H,5H2,(H,15,16);5H,1-4,6H2. The average molecular weight is 384 g/mol. The van der Waals surface area contributed by atoms with Gasteiger partial charge in [0.1, 0.15) is 16.4 Å².